The molecular formula is C24H25N5O3. The molecule has 5 rings (SSSR count). The molecule has 0 spiro atoms. The zero-order valence-corrected chi connectivity index (χ0v) is 18.3. The van der Waals surface area contributed by atoms with E-state index < -0.39 is 5.69 Å². The number of anilines is 1. The number of rotatable bonds is 5. The molecule has 0 aliphatic heterocycles. The molecule has 0 amide bonds. The molecule has 8 nitrogen and oxygen atoms in total. The minimum absolute atomic E-state index is 0.166. The lowest BCUT2D eigenvalue weighted by Gasteiger charge is -2.15. The van der Waals surface area contributed by atoms with Gasteiger partial charge in [-0.1, -0.05) is 36.4 Å². The molecule has 0 fully saturated rings. The van der Waals surface area contributed by atoms with Gasteiger partial charge in [0.1, 0.15) is 5.75 Å². The topological polar surface area (TPSA) is 83.1 Å². The fraction of sp³-hybridized carbons (Fsp3) is 0.292. The van der Waals surface area contributed by atoms with Crippen molar-refractivity contribution >= 4 is 17.1 Å². The highest BCUT2D eigenvalue weighted by atomic mass is 16.5. The summed E-state index contributed by atoms with van der Waals surface area (Å²) in [6.07, 6.45) is 1.78. The van der Waals surface area contributed by atoms with Gasteiger partial charge in [-0.05, 0) is 41.7 Å². The van der Waals surface area contributed by atoms with Crippen molar-refractivity contribution in [2.75, 3.05) is 12.4 Å². The third-order valence-electron chi connectivity index (χ3n) is 6.23. The minimum atomic E-state index is -0.392. The van der Waals surface area contributed by atoms with Gasteiger partial charge in [0.05, 0.1) is 13.7 Å². The lowest BCUT2D eigenvalue weighted by atomic mass is 10.1. The van der Waals surface area contributed by atoms with Gasteiger partial charge in [-0.2, -0.15) is 4.98 Å². The number of nitrogens with zero attached hydrogens (tertiary/aromatic N) is 4. The SMILES string of the molecule is COc1ccc(Cn2c(NC3Cc4ccccc4C3)nc3c2c(=O)n(C)c(=O)n3C)cc1. The first-order valence-corrected chi connectivity index (χ1v) is 10.6. The van der Waals surface area contributed by atoms with Gasteiger partial charge in [0.2, 0.25) is 5.95 Å². The van der Waals surface area contributed by atoms with E-state index in [-0.39, 0.29) is 11.6 Å². The molecule has 4 aromatic rings. The van der Waals surface area contributed by atoms with E-state index in [9.17, 15) is 9.59 Å². The first kappa shape index (κ1) is 20.1. The van der Waals surface area contributed by atoms with Crippen molar-refractivity contribution < 1.29 is 4.74 Å². The highest BCUT2D eigenvalue weighted by Gasteiger charge is 2.25. The van der Waals surface area contributed by atoms with Crippen molar-refractivity contribution in [3.05, 3.63) is 86.1 Å². The van der Waals surface area contributed by atoms with Crippen LogP contribution in [0.3, 0.4) is 0 Å². The molecule has 2 aromatic heterocycles. The third kappa shape index (κ3) is 3.28. The summed E-state index contributed by atoms with van der Waals surface area (Å²) in [4.78, 5) is 30.3. The van der Waals surface area contributed by atoms with Gasteiger partial charge in [0.15, 0.2) is 11.2 Å². The summed E-state index contributed by atoms with van der Waals surface area (Å²) in [6.45, 7) is 0.440. The maximum Gasteiger partial charge on any atom is 0.332 e. The number of benzene rings is 2. The van der Waals surface area contributed by atoms with E-state index in [2.05, 4.69) is 29.6 Å². The second-order valence-corrected chi connectivity index (χ2v) is 8.27. The summed E-state index contributed by atoms with van der Waals surface area (Å²) in [5, 5.41) is 3.55. The first-order valence-electron chi connectivity index (χ1n) is 10.6. The Hall–Kier alpha value is -3.81. The Morgan fingerprint density at radius 2 is 1.66 bits per heavy atom. The Kier molecular flexibility index (Phi) is 4.84. The van der Waals surface area contributed by atoms with Gasteiger partial charge in [-0.3, -0.25) is 18.5 Å². The van der Waals surface area contributed by atoms with Gasteiger partial charge in [-0.25, -0.2) is 4.79 Å². The number of fused-ring (bicyclic) bond motifs is 2. The third-order valence-corrected chi connectivity index (χ3v) is 6.23. The Morgan fingerprint density at radius 1 is 1.00 bits per heavy atom. The number of imidazole rings is 1. The molecule has 0 radical (unpaired) electrons. The molecule has 0 saturated heterocycles. The summed E-state index contributed by atoms with van der Waals surface area (Å²) in [5.41, 5.74) is 3.69. The van der Waals surface area contributed by atoms with E-state index in [0.29, 0.717) is 23.7 Å². The zero-order chi connectivity index (χ0) is 22.4. The summed E-state index contributed by atoms with van der Waals surface area (Å²) >= 11 is 0. The van der Waals surface area contributed by atoms with Crippen molar-refractivity contribution in [1.82, 2.24) is 18.7 Å². The number of hydrogen-bond donors (Lipinski definition) is 1. The molecule has 32 heavy (non-hydrogen) atoms. The highest BCUT2D eigenvalue weighted by molar-refractivity contribution is 5.74. The largest absolute Gasteiger partial charge is 0.497 e. The minimum Gasteiger partial charge on any atom is -0.497 e. The molecule has 8 heteroatoms. The number of aromatic nitrogens is 4. The Balaban J connectivity index is 1.60. The van der Waals surface area contributed by atoms with Gasteiger partial charge in [-0.15, -0.1) is 0 Å². The van der Waals surface area contributed by atoms with Crippen molar-refractivity contribution in [1.29, 1.82) is 0 Å². The Labute approximate surface area is 184 Å². The second-order valence-electron chi connectivity index (χ2n) is 8.27. The number of nitrogens with one attached hydrogen (secondary N) is 1. The predicted molar refractivity (Wildman–Crippen MR) is 124 cm³/mol. The van der Waals surface area contributed by atoms with Gasteiger partial charge >= 0.3 is 5.69 Å². The van der Waals surface area contributed by atoms with Crippen LogP contribution in [0.5, 0.6) is 5.75 Å². The van der Waals surface area contributed by atoms with Crippen LogP contribution in [0, 0.1) is 0 Å². The van der Waals surface area contributed by atoms with Crippen LogP contribution in [-0.2, 0) is 33.5 Å². The Bertz CT molecular complexity index is 1400. The van der Waals surface area contributed by atoms with Crippen LogP contribution in [-0.4, -0.2) is 31.8 Å². The molecule has 2 heterocycles. The Morgan fingerprint density at radius 3 is 2.28 bits per heavy atom. The van der Waals surface area contributed by atoms with Gasteiger partial charge in [0.25, 0.3) is 5.56 Å². The second kappa shape index (κ2) is 7.71. The number of methoxy groups -OCH3 is 1. The number of hydrogen-bond acceptors (Lipinski definition) is 5. The van der Waals surface area contributed by atoms with Crippen LogP contribution in [0.25, 0.3) is 11.2 Å². The summed E-state index contributed by atoms with van der Waals surface area (Å²) in [7, 11) is 4.77. The van der Waals surface area contributed by atoms with Crippen molar-refractivity contribution in [3.8, 4) is 5.75 Å². The van der Waals surface area contributed by atoms with Gasteiger partial charge < -0.3 is 10.1 Å². The predicted octanol–water partition coefficient (Wildman–Crippen LogP) is 2.07. The highest BCUT2D eigenvalue weighted by Crippen LogP contribution is 2.26. The average Bonchev–Trinajstić information content (AvgIpc) is 3.38. The van der Waals surface area contributed by atoms with E-state index in [1.807, 2.05) is 28.8 Å². The number of aryl methyl sites for hydroxylation is 1. The van der Waals surface area contributed by atoms with E-state index in [1.54, 1.807) is 14.2 Å². The fourth-order valence-electron chi connectivity index (χ4n) is 4.47. The van der Waals surface area contributed by atoms with E-state index >= 15 is 0 Å². The van der Waals surface area contributed by atoms with Crippen LogP contribution in [0.1, 0.15) is 16.7 Å². The molecule has 1 aliphatic rings. The molecule has 1 N–H and O–H groups in total. The smallest absolute Gasteiger partial charge is 0.332 e. The quantitative estimate of drug-likeness (QED) is 0.523. The first-order chi connectivity index (χ1) is 15.5. The normalized spacial score (nSPS) is 13.5. The molecule has 2 aromatic carbocycles. The van der Waals surface area contributed by atoms with E-state index in [0.717, 1.165) is 28.7 Å². The summed E-state index contributed by atoms with van der Waals surface area (Å²) in [5.74, 6) is 1.36. The molecule has 0 unspecified atom stereocenters. The molecule has 0 atom stereocenters. The van der Waals surface area contributed by atoms with E-state index in [1.165, 1.54) is 22.7 Å². The lowest BCUT2D eigenvalue weighted by molar-refractivity contribution is 0.414. The van der Waals surface area contributed by atoms with Crippen LogP contribution in [0.15, 0.2) is 58.1 Å². The van der Waals surface area contributed by atoms with Crippen LogP contribution in [0.4, 0.5) is 5.95 Å². The monoisotopic (exact) mass is 431 g/mol. The van der Waals surface area contributed by atoms with E-state index in [4.69, 9.17) is 9.72 Å². The van der Waals surface area contributed by atoms with Crippen molar-refractivity contribution in [2.24, 2.45) is 14.1 Å². The van der Waals surface area contributed by atoms with Crippen molar-refractivity contribution in [2.45, 2.75) is 25.4 Å². The maximum atomic E-state index is 13.1. The van der Waals surface area contributed by atoms with Gasteiger partial charge in [0, 0.05) is 20.1 Å². The van der Waals surface area contributed by atoms with Crippen LogP contribution in [0.2, 0.25) is 0 Å². The molecular weight excluding hydrogens is 406 g/mol. The van der Waals surface area contributed by atoms with Crippen LogP contribution >= 0.6 is 0 Å². The standard InChI is InChI=1S/C24H25N5O3/c1-27-21-20(22(30)28(2)24(27)31)29(14-15-8-10-19(32-3)11-9-15)23(26-21)25-18-12-16-6-4-5-7-17(16)13-18/h4-11,18H,12-14H2,1-3H3,(H,25,26). The molecule has 0 saturated carbocycles. The summed E-state index contributed by atoms with van der Waals surface area (Å²) < 4.78 is 9.69. The number of ether oxygens (including phenoxy) is 1. The molecule has 164 valence electrons. The van der Waals surface area contributed by atoms with Crippen molar-refractivity contribution in [3.63, 3.8) is 0 Å². The fourth-order valence-corrected chi connectivity index (χ4v) is 4.47. The molecule has 1 aliphatic carbocycles. The summed E-state index contributed by atoms with van der Waals surface area (Å²) in [6, 6.07) is 16.3. The lowest BCUT2D eigenvalue weighted by Crippen LogP contribution is -2.37. The average molecular weight is 431 g/mol. The van der Waals surface area contributed by atoms with Crippen LogP contribution < -0.4 is 21.3 Å². The zero-order valence-electron chi connectivity index (χ0n) is 18.3. The molecule has 0 bridgehead atoms. The maximum absolute atomic E-state index is 13.1.